The number of aromatic hydroxyl groups is 1. The minimum Gasteiger partial charge on any atom is -0.493 e. The Balaban J connectivity index is 1.63. The molecule has 2 aromatic heterocycles. The first-order chi connectivity index (χ1) is 14.1. The Morgan fingerprint density at radius 2 is 1.90 bits per heavy atom. The molecule has 0 atom stereocenters. The highest BCUT2D eigenvalue weighted by atomic mass is 16.5. The molecule has 0 aliphatic carbocycles. The van der Waals surface area contributed by atoms with Crippen molar-refractivity contribution < 1.29 is 14.6 Å². The van der Waals surface area contributed by atoms with Crippen molar-refractivity contribution in [2.45, 2.75) is 20.3 Å². The number of aryl methyl sites for hydroxylation is 1. The minimum absolute atomic E-state index is 0.0116. The number of carbonyl (C=O) groups excluding carboxylic acids is 1. The highest BCUT2D eigenvalue weighted by molar-refractivity contribution is 5.92. The number of fused-ring (bicyclic) bond motifs is 1. The van der Waals surface area contributed by atoms with Crippen molar-refractivity contribution in [2.75, 3.05) is 6.61 Å². The van der Waals surface area contributed by atoms with Crippen LogP contribution in [0.5, 0.6) is 5.88 Å². The summed E-state index contributed by atoms with van der Waals surface area (Å²) in [6, 6.07) is 16.7. The van der Waals surface area contributed by atoms with Gasteiger partial charge in [0.15, 0.2) is 5.65 Å². The Labute approximate surface area is 168 Å². The zero-order chi connectivity index (χ0) is 20.4. The van der Waals surface area contributed by atoms with Crippen molar-refractivity contribution in [1.82, 2.24) is 14.6 Å². The number of esters is 1. The van der Waals surface area contributed by atoms with Gasteiger partial charge in [-0.05, 0) is 37.0 Å². The van der Waals surface area contributed by atoms with E-state index in [0.717, 1.165) is 17.5 Å². The molecule has 0 fully saturated rings. The van der Waals surface area contributed by atoms with Crippen LogP contribution in [0.15, 0.2) is 60.9 Å². The van der Waals surface area contributed by atoms with Crippen molar-refractivity contribution in [3.63, 3.8) is 0 Å². The average Bonchev–Trinajstić information content (AvgIpc) is 3.14. The molecule has 4 rings (SSSR count). The van der Waals surface area contributed by atoms with E-state index in [1.165, 1.54) is 27.4 Å². The maximum Gasteiger partial charge on any atom is 0.345 e. The fourth-order valence-corrected chi connectivity index (χ4v) is 3.34. The first-order valence-electron chi connectivity index (χ1n) is 9.44. The van der Waals surface area contributed by atoms with Crippen LogP contribution in [-0.4, -0.2) is 32.3 Å². The first-order valence-corrected chi connectivity index (χ1v) is 9.44. The Kier molecular flexibility index (Phi) is 4.99. The van der Waals surface area contributed by atoms with Gasteiger partial charge in [-0.1, -0.05) is 54.1 Å². The molecule has 0 bridgehead atoms. The zero-order valence-electron chi connectivity index (χ0n) is 16.3. The lowest BCUT2D eigenvalue weighted by molar-refractivity contribution is 0.0521. The number of rotatable bonds is 5. The van der Waals surface area contributed by atoms with Gasteiger partial charge in [-0.2, -0.15) is 9.61 Å². The summed E-state index contributed by atoms with van der Waals surface area (Å²) in [5.74, 6) is -0.910. The van der Waals surface area contributed by atoms with Crippen LogP contribution in [0.25, 0.3) is 16.8 Å². The third kappa shape index (κ3) is 3.69. The van der Waals surface area contributed by atoms with Gasteiger partial charge in [0, 0.05) is 11.8 Å². The van der Waals surface area contributed by atoms with Crippen LogP contribution in [0.1, 0.15) is 34.0 Å². The smallest absolute Gasteiger partial charge is 0.345 e. The highest BCUT2D eigenvalue weighted by Crippen LogP contribution is 2.28. The zero-order valence-corrected chi connectivity index (χ0v) is 16.3. The van der Waals surface area contributed by atoms with Gasteiger partial charge in [-0.25, -0.2) is 9.78 Å². The molecule has 0 amide bonds. The fourth-order valence-electron chi connectivity index (χ4n) is 3.34. The van der Waals surface area contributed by atoms with Crippen LogP contribution in [0.2, 0.25) is 0 Å². The molecule has 0 radical (unpaired) electrons. The molecular formula is C23H21N3O3. The molecule has 0 aliphatic heterocycles. The van der Waals surface area contributed by atoms with E-state index in [2.05, 4.69) is 53.4 Å². The van der Waals surface area contributed by atoms with E-state index in [1.807, 2.05) is 12.1 Å². The second-order valence-corrected chi connectivity index (χ2v) is 6.87. The van der Waals surface area contributed by atoms with E-state index < -0.39 is 5.97 Å². The summed E-state index contributed by atoms with van der Waals surface area (Å²) in [6.45, 7) is 4.01. The second kappa shape index (κ2) is 7.75. The Morgan fingerprint density at radius 3 is 2.62 bits per heavy atom. The summed E-state index contributed by atoms with van der Waals surface area (Å²) in [5, 5.41) is 14.6. The van der Waals surface area contributed by atoms with E-state index in [1.54, 1.807) is 13.1 Å². The predicted octanol–water partition coefficient (Wildman–Crippen LogP) is 4.18. The summed E-state index contributed by atoms with van der Waals surface area (Å²) in [7, 11) is 0. The topological polar surface area (TPSA) is 76.7 Å². The van der Waals surface area contributed by atoms with E-state index in [9.17, 15) is 9.90 Å². The molecule has 6 heteroatoms. The number of carbonyl (C=O) groups is 1. The SMILES string of the molecule is CCOC(=O)c1cnc2c(-c3ccc(Cc4cccc(C)c4)cc3)cnn2c1O. The van der Waals surface area contributed by atoms with E-state index >= 15 is 0 Å². The molecular weight excluding hydrogens is 366 g/mol. The van der Waals surface area contributed by atoms with E-state index in [-0.39, 0.29) is 18.1 Å². The Morgan fingerprint density at radius 1 is 1.10 bits per heavy atom. The van der Waals surface area contributed by atoms with Gasteiger partial charge in [-0.3, -0.25) is 0 Å². The summed E-state index contributed by atoms with van der Waals surface area (Å²) >= 11 is 0. The third-order valence-electron chi connectivity index (χ3n) is 4.75. The highest BCUT2D eigenvalue weighted by Gasteiger charge is 2.19. The lowest BCUT2D eigenvalue weighted by atomic mass is 10.0. The number of aromatic nitrogens is 3. The molecule has 146 valence electrons. The van der Waals surface area contributed by atoms with Crippen molar-refractivity contribution in [2.24, 2.45) is 0 Å². The van der Waals surface area contributed by atoms with E-state index in [0.29, 0.717) is 5.65 Å². The first kappa shape index (κ1) is 18.7. The molecule has 0 spiro atoms. The molecule has 0 saturated carbocycles. The van der Waals surface area contributed by atoms with Gasteiger partial charge in [0.1, 0.15) is 5.56 Å². The van der Waals surface area contributed by atoms with Crippen molar-refractivity contribution >= 4 is 11.6 Å². The molecule has 0 unspecified atom stereocenters. The van der Waals surface area contributed by atoms with Gasteiger partial charge >= 0.3 is 5.97 Å². The summed E-state index contributed by atoms with van der Waals surface area (Å²) < 4.78 is 6.19. The Bertz CT molecular complexity index is 1180. The van der Waals surface area contributed by atoms with Crippen LogP contribution in [0.3, 0.4) is 0 Å². The molecule has 1 N–H and O–H groups in total. The van der Waals surface area contributed by atoms with Crippen LogP contribution >= 0.6 is 0 Å². The molecule has 2 aromatic carbocycles. The van der Waals surface area contributed by atoms with Crippen LogP contribution < -0.4 is 0 Å². The number of hydrogen-bond donors (Lipinski definition) is 1. The molecule has 4 aromatic rings. The normalized spacial score (nSPS) is 11.0. The Hall–Kier alpha value is -3.67. The minimum atomic E-state index is -0.628. The monoisotopic (exact) mass is 387 g/mol. The summed E-state index contributed by atoms with van der Waals surface area (Å²) in [6.07, 6.45) is 3.81. The molecule has 6 nitrogen and oxygen atoms in total. The molecule has 0 saturated heterocycles. The molecule has 2 heterocycles. The molecule has 29 heavy (non-hydrogen) atoms. The summed E-state index contributed by atoms with van der Waals surface area (Å²) in [4.78, 5) is 16.3. The van der Waals surface area contributed by atoms with Crippen LogP contribution in [0, 0.1) is 6.92 Å². The van der Waals surface area contributed by atoms with Gasteiger partial charge in [0.25, 0.3) is 0 Å². The van der Waals surface area contributed by atoms with E-state index in [4.69, 9.17) is 4.74 Å². The van der Waals surface area contributed by atoms with Crippen molar-refractivity contribution in [1.29, 1.82) is 0 Å². The standard InChI is InChI=1S/C23H21N3O3/c1-3-29-23(28)20-13-24-21-19(14-25-26(21)22(20)27)18-9-7-16(8-10-18)12-17-6-4-5-15(2)11-17/h4-11,13-14,27H,3,12H2,1-2H3. The van der Waals surface area contributed by atoms with Gasteiger partial charge in [0.2, 0.25) is 5.88 Å². The van der Waals surface area contributed by atoms with Gasteiger partial charge in [0.05, 0.1) is 12.8 Å². The quantitative estimate of drug-likeness (QED) is 0.520. The number of benzene rings is 2. The van der Waals surface area contributed by atoms with Crippen LogP contribution in [0.4, 0.5) is 0 Å². The molecule has 0 aliphatic rings. The van der Waals surface area contributed by atoms with Gasteiger partial charge < -0.3 is 9.84 Å². The van der Waals surface area contributed by atoms with Gasteiger partial charge in [-0.15, -0.1) is 0 Å². The maximum absolute atomic E-state index is 11.9. The van der Waals surface area contributed by atoms with Crippen LogP contribution in [-0.2, 0) is 11.2 Å². The number of ether oxygens (including phenoxy) is 1. The average molecular weight is 387 g/mol. The number of nitrogens with zero attached hydrogens (tertiary/aromatic N) is 3. The number of hydrogen-bond acceptors (Lipinski definition) is 5. The lowest BCUT2D eigenvalue weighted by Gasteiger charge is -2.07. The van der Waals surface area contributed by atoms with Crippen molar-refractivity contribution in [3.8, 4) is 17.0 Å². The lowest BCUT2D eigenvalue weighted by Crippen LogP contribution is -2.08. The maximum atomic E-state index is 11.9. The third-order valence-corrected chi connectivity index (χ3v) is 4.75. The van der Waals surface area contributed by atoms with Crippen molar-refractivity contribution in [3.05, 3.63) is 83.2 Å². The largest absolute Gasteiger partial charge is 0.493 e. The predicted molar refractivity (Wildman–Crippen MR) is 110 cm³/mol. The fraction of sp³-hybridized carbons (Fsp3) is 0.174. The summed E-state index contributed by atoms with van der Waals surface area (Å²) in [5.41, 5.74) is 5.90. The second-order valence-electron chi connectivity index (χ2n) is 6.87.